The van der Waals surface area contributed by atoms with Crippen molar-refractivity contribution < 1.29 is 17.9 Å². The maximum absolute atomic E-state index is 13.1. The Bertz CT molecular complexity index is 1530. The van der Waals surface area contributed by atoms with Crippen LogP contribution in [0.4, 0.5) is 5.69 Å². The third kappa shape index (κ3) is 5.88. The first-order valence-electron chi connectivity index (χ1n) is 12.5. The van der Waals surface area contributed by atoms with E-state index in [1.54, 1.807) is 42.7 Å². The van der Waals surface area contributed by atoms with Gasteiger partial charge in [0.05, 0.1) is 28.8 Å². The van der Waals surface area contributed by atoms with Crippen LogP contribution in [-0.4, -0.2) is 68.3 Å². The lowest BCUT2D eigenvalue weighted by atomic mass is 10.2. The molecule has 10 heteroatoms. The summed E-state index contributed by atoms with van der Waals surface area (Å²) in [7, 11) is -2.06. The maximum atomic E-state index is 13.1. The van der Waals surface area contributed by atoms with Gasteiger partial charge in [-0.15, -0.1) is 11.3 Å². The molecule has 0 radical (unpaired) electrons. The number of nitrogens with zero attached hydrogens (tertiary/aromatic N) is 3. The highest BCUT2D eigenvalue weighted by molar-refractivity contribution is 7.89. The number of aryl methyl sites for hydroxylation is 1. The van der Waals surface area contributed by atoms with Crippen LogP contribution >= 0.6 is 11.3 Å². The Kier molecular flexibility index (Phi) is 7.75. The first-order valence-corrected chi connectivity index (χ1v) is 14.7. The molecule has 198 valence electrons. The number of hydrogen-bond donors (Lipinski definition) is 1. The monoisotopic (exact) mass is 550 g/mol. The molecule has 0 unspecified atom stereocenters. The minimum absolute atomic E-state index is 0.125. The summed E-state index contributed by atoms with van der Waals surface area (Å²) in [6.07, 6.45) is 0.652. The van der Waals surface area contributed by atoms with Crippen LogP contribution in [-0.2, 0) is 14.8 Å². The Morgan fingerprint density at radius 3 is 2.50 bits per heavy atom. The molecule has 1 aromatic heterocycles. The van der Waals surface area contributed by atoms with E-state index in [9.17, 15) is 13.2 Å². The fourth-order valence-electron chi connectivity index (χ4n) is 4.50. The van der Waals surface area contributed by atoms with Gasteiger partial charge in [0, 0.05) is 30.9 Å². The first kappa shape index (κ1) is 26.3. The van der Waals surface area contributed by atoms with E-state index in [0.717, 1.165) is 20.8 Å². The normalized spacial score (nSPS) is 15.3. The highest BCUT2D eigenvalue weighted by atomic mass is 32.2. The maximum Gasteiger partial charge on any atom is 0.243 e. The number of fused-ring (bicyclic) bond motifs is 1. The zero-order valence-corrected chi connectivity index (χ0v) is 23.0. The molecule has 1 N–H and O–H groups in total. The molecular formula is C28H30N4O4S2. The number of ether oxygens (including phenoxy) is 1. The number of thiazole rings is 1. The van der Waals surface area contributed by atoms with Crippen molar-refractivity contribution in [2.75, 3.05) is 45.2 Å². The van der Waals surface area contributed by atoms with Crippen LogP contribution in [0.15, 0.2) is 71.6 Å². The molecule has 0 saturated carbocycles. The summed E-state index contributed by atoms with van der Waals surface area (Å²) in [5.74, 6) is 0.484. The van der Waals surface area contributed by atoms with Crippen LogP contribution in [0.1, 0.15) is 12.0 Å². The molecule has 2 heterocycles. The Morgan fingerprint density at radius 2 is 1.76 bits per heavy atom. The third-order valence-electron chi connectivity index (χ3n) is 6.57. The van der Waals surface area contributed by atoms with Crippen LogP contribution in [0.2, 0.25) is 0 Å². The van der Waals surface area contributed by atoms with Gasteiger partial charge in [-0.25, -0.2) is 13.4 Å². The summed E-state index contributed by atoms with van der Waals surface area (Å²) < 4.78 is 34.0. The van der Waals surface area contributed by atoms with E-state index in [1.807, 2.05) is 35.2 Å². The standard InChI is InChI=1S/C28H30N4O4S2/c1-20-4-13-25-26(18-20)37-28(30-25)21-5-7-22(8-6-21)29-27(33)19-31-14-3-15-32(17-16-31)38(34,35)24-11-9-23(36-2)10-12-24/h4-13,18H,3,14-17,19H2,1-2H3,(H,29,33). The molecule has 0 bridgehead atoms. The largest absolute Gasteiger partial charge is 0.497 e. The van der Waals surface area contributed by atoms with Gasteiger partial charge in [-0.3, -0.25) is 9.69 Å². The van der Waals surface area contributed by atoms with Gasteiger partial charge in [0.2, 0.25) is 15.9 Å². The van der Waals surface area contributed by atoms with Gasteiger partial charge in [0.25, 0.3) is 0 Å². The third-order valence-corrected chi connectivity index (χ3v) is 9.55. The minimum Gasteiger partial charge on any atom is -0.497 e. The summed E-state index contributed by atoms with van der Waals surface area (Å²) in [4.78, 5) is 19.7. The van der Waals surface area contributed by atoms with Crippen LogP contribution in [0.3, 0.4) is 0 Å². The van der Waals surface area contributed by atoms with Crippen molar-refractivity contribution in [3.63, 3.8) is 0 Å². The van der Waals surface area contributed by atoms with E-state index in [4.69, 9.17) is 9.72 Å². The zero-order chi connectivity index (χ0) is 26.7. The van der Waals surface area contributed by atoms with Crippen molar-refractivity contribution in [3.8, 4) is 16.3 Å². The molecule has 38 heavy (non-hydrogen) atoms. The molecule has 1 fully saturated rings. The average molecular weight is 551 g/mol. The van der Waals surface area contributed by atoms with Crippen molar-refractivity contribution in [1.82, 2.24) is 14.2 Å². The fraction of sp³-hybridized carbons (Fsp3) is 0.286. The molecule has 5 rings (SSSR count). The second-order valence-electron chi connectivity index (χ2n) is 9.33. The molecule has 0 atom stereocenters. The van der Waals surface area contributed by atoms with Gasteiger partial charge >= 0.3 is 0 Å². The van der Waals surface area contributed by atoms with Gasteiger partial charge < -0.3 is 10.1 Å². The molecule has 0 spiro atoms. The quantitative estimate of drug-likeness (QED) is 0.361. The summed E-state index contributed by atoms with van der Waals surface area (Å²) in [5.41, 5.74) is 3.92. The van der Waals surface area contributed by atoms with E-state index < -0.39 is 10.0 Å². The highest BCUT2D eigenvalue weighted by Crippen LogP contribution is 2.31. The summed E-state index contributed by atoms with van der Waals surface area (Å²) >= 11 is 1.65. The van der Waals surface area contributed by atoms with Crippen LogP contribution in [0.25, 0.3) is 20.8 Å². The summed E-state index contributed by atoms with van der Waals surface area (Å²) in [5, 5.41) is 3.91. The number of hydrogen-bond acceptors (Lipinski definition) is 7. The number of sulfonamides is 1. The zero-order valence-electron chi connectivity index (χ0n) is 21.4. The number of carbonyl (C=O) groups excluding carboxylic acids is 1. The van der Waals surface area contributed by atoms with Crippen LogP contribution < -0.4 is 10.1 Å². The number of methoxy groups -OCH3 is 1. The predicted molar refractivity (Wildman–Crippen MR) is 151 cm³/mol. The Morgan fingerprint density at radius 1 is 1.00 bits per heavy atom. The van der Waals surface area contributed by atoms with E-state index in [0.29, 0.717) is 44.0 Å². The number of aromatic nitrogens is 1. The van der Waals surface area contributed by atoms with Crippen molar-refractivity contribution in [2.45, 2.75) is 18.2 Å². The molecule has 0 aliphatic carbocycles. The van der Waals surface area contributed by atoms with Crippen molar-refractivity contribution in [3.05, 3.63) is 72.3 Å². The SMILES string of the molecule is COc1ccc(S(=O)(=O)N2CCCN(CC(=O)Nc3ccc(-c4nc5ccc(C)cc5s4)cc3)CC2)cc1. The Labute approximate surface area is 226 Å². The minimum atomic E-state index is -3.60. The average Bonchev–Trinajstić information content (AvgIpc) is 3.19. The molecule has 3 aromatic carbocycles. The van der Waals surface area contributed by atoms with Crippen molar-refractivity contribution in [1.29, 1.82) is 0 Å². The molecular weight excluding hydrogens is 520 g/mol. The highest BCUT2D eigenvalue weighted by Gasteiger charge is 2.27. The van der Waals surface area contributed by atoms with E-state index in [1.165, 1.54) is 9.87 Å². The van der Waals surface area contributed by atoms with Gasteiger partial charge in [-0.2, -0.15) is 4.31 Å². The van der Waals surface area contributed by atoms with Gasteiger partial charge in [0.15, 0.2) is 0 Å². The van der Waals surface area contributed by atoms with Gasteiger partial charge in [-0.05, 0) is 86.1 Å². The van der Waals surface area contributed by atoms with Gasteiger partial charge in [-0.1, -0.05) is 6.07 Å². The molecule has 1 aliphatic rings. The second-order valence-corrected chi connectivity index (χ2v) is 12.3. The lowest BCUT2D eigenvalue weighted by molar-refractivity contribution is -0.117. The molecule has 1 aliphatic heterocycles. The van der Waals surface area contributed by atoms with Crippen LogP contribution in [0.5, 0.6) is 5.75 Å². The molecule has 4 aromatic rings. The Balaban J connectivity index is 1.16. The number of benzene rings is 3. The lowest BCUT2D eigenvalue weighted by Gasteiger charge is -2.21. The summed E-state index contributed by atoms with van der Waals surface area (Å²) in [6.45, 7) is 4.16. The topological polar surface area (TPSA) is 91.8 Å². The van der Waals surface area contributed by atoms with E-state index >= 15 is 0 Å². The predicted octanol–water partition coefficient (Wildman–Crippen LogP) is 4.62. The number of amides is 1. The van der Waals surface area contributed by atoms with Crippen LogP contribution in [0, 0.1) is 6.92 Å². The molecule has 1 saturated heterocycles. The lowest BCUT2D eigenvalue weighted by Crippen LogP contribution is -2.38. The number of carbonyl (C=O) groups is 1. The molecule has 8 nitrogen and oxygen atoms in total. The second kappa shape index (κ2) is 11.2. The van der Waals surface area contributed by atoms with E-state index in [-0.39, 0.29) is 17.3 Å². The number of anilines is 1. The number of nitrogens with one attached hydrogen (secondary N) is 1. The number of rotatable bonds is 7. The summed E-state index contributed by atoms with van der Waals surface area (Å²) in [6, 6.07) is 20.4. The first-order chi connectivity index (χ1) is 18.3. The van der Waals surface area contributed by atoms with E-state index in [2.05, 4.69) is 24.4 Å². The van der Waals surface area contributed by atoms with Crippen molar-refractivity contribution >= 4 is 43.2 Å². The Hall–Kier alpha value is -3.31. The smallest absolute Gasteiger partial charge is 0.243 e. The fourth-order valence-corrected chi connectivity index (χ4v) is 7.04. The van der Waals surface area contributed by atoms with Gasteiger partial charge in [0.1, 0.15) is 10.8 Å². The van der Waals surface area contributed by atoms with Crippen molar-refractivity contribution in [2.24, 2.45) is 0 Å². The molecule has 1 amide bonds.